The first-order valence-electron chi connectivity index (χ1n) is 9.57. The number of rotatable bonds is 5. The average Bonchev–Trinajstić information content (AvgIpc) is 3.05. The Morgan fingerprint density at radius 2 is 1.90 bits per heavy atom. The Balaban J connectivity index is 1.86. The van der Waals surface area contributed by atoms with Gasteiger partial charge in [0, 0.05) is 29.0 Å². The molecule has 0 saturated carbocycles. The van der Waals surface area contributed by atoms with Crippen LogP contribution in [0.4, 0.5) is 0 Å². The second-order valence-electron chi connectivity index (χ2n) is 7.07. The van der Waals surface area contributed by atoms with Crippen LogP contribution in [0.15, 0.2) is 83.1 Å². The number of methoxy groups -OCH3 is 1. The molecular formula is C24H19BrN2O4. The zero-order chi connectivity index (χ0) is 22.0. The molecule has 1 aliphatic heterocycles. The van der Waals surface area contributed by atoms with Gasteiger partial charge in [-0.2, -0.15) is 0 Å². The number of aliphatic hydroxyl groups excluding tert-OH is 1. The first-order valence-corrected chi connectivity index (χ1v) is 10.4. The predicted octanol–water partition coefficient (Wildman–Crippen LogP) is 4.47. The van der Waals surface area contributed by atoms with Crippen molar-refractivity contribution >= 4 is 33.4 Å². The van der Waals surface area contributed by atoms with E-state index in [4.69, 9.17) is 4.74 Å². The van der Waals surface area contributed by atoms with E-state index in [2.05, 4.69) is 20.9 Å². The van der Waals surface area contributed by atoms with Crippen LogP contribution < -0.4 is 4.74 Å². The van der Waals surface area contributed by atoms with E-state index in [1.807, 2.05) is 30.3 Å². The van der Waals surface area contributed by atoms with Gasteiger partial charge in [-0.3, -0.25) is 14.6 Å². The number of hydrogen-bond donors (Lipinski definition) is 1. The number of halogens is 1. The number of ketones is 1. The molecule has 1 atom stereocenters. The van der Waals surface area contributed by atoms with Crippen LogP contribution in [-0.2, 0) is 16.1 Å². The highest BCUT2D eigenvalue weighted by Crippen LogP contribution is 2.40. The lowest BCUT2D eigenvalue weighted by molar-refractivity contribution is -0.140. The third-order valence-electron chi connectivity index (χ3n) is 5.14. The summed E-state index contributed by atoms with van der Waals surface area (Å²) < 4.78 is 6.10. The number of pyridine rings is 1. The van der Waals surface area contributed by atoms with Crippen LogP contribution in [0.25, 0.3) is 5.76 Å². The van der Waals surface area contributed by atoms with Gasteiger partial charge in [0.2, 0.25) is 0 Å². The monoisotopic (exact) mass is 478 g/mol. The van der Waals surface area contributed by atoms with E-state index >= 15 is 0 Å². The molecule has 2 aromatic carbocycles. The van der Waals surface area contributed by atoms with Crippen molar-refractivity contribution in [3.63, 3.8) is 0 Å². The van der Waals surface area contributed by atoms with E-state index in [0.29, 0.717) is 11.3 Å². The minimum atomic E-state index is -0.737. The summed E-state index contributed by atoms with van der Waals surface area (Å²) in [6, 6.07) is 17.0. The second kappa shape index (κ2) is 8.73. The van der Waals surface area contributed by atoms with Crippen molar-refractivity contribution in [3.8, 4) is 5.75 Å². The van der Waals surface area contributed by atoms with Gasteiger partial charge in [-0.1, -0.05) is 46.3 Å². The molecule has 1 N–H and O–H groups in total. The predicted molar refractivity (Wildman–Crippen MR) is 119 cm³/mol. The van der Waals surface area contributed by atoms with E-state index in [0.717, 1.165) is 15.6 Å². The van der Waals surface area contributed by atoms with Gasteiger partial charge in [0.05, 0.1) is 18.7 Å². The topological polar surface area (TPSA) is 79.7 Å². The normalized spacial score (nSPS) is 17.7. The van der Waals surface area contributed by atoms with Gasteiger partial charge in [-0.25, -0.2) is 0 Å². The Morgan fingerprint density at radius 3 is 2.58 bits per heavy atom. The quantitative estimate of drug-likeness (QED) is 0.332. The molecule has 156 valence electrons. The van der Waals surface area contributed by atoms with Crippen LogP contribution in [0.2, 0.25) is 0 Å². The SMILES string of the molecule is COc1cccc(C(O)=C2C(=O)C(=O)N(Cc3cccnc3)[C@H]2c2ccc(Br)cc2)c1. The van der Waals surface area contributed by atoms with Crippen molar-refractivity contribution in [2.24, 2.45) is 0 Å². The molecule has 0 unspecified atom stereocenters. The number of benzene rings is 2. The van der Waals surface area contributed by atoms with Crippen LogP contribution in [0.1, 0.15) is 22.7 Å². The van der Waals surface area contributed by atoms with Crippen molar-refractivity contribution in [1.29, 1.82) is 0 Å². The van der Waals surface area contributed by atoms with Crippen molar-refractivity contribution < 1.29 is 19.4 Å². The maximum absolute atomic E-state index is 13.1. The van der Waals surface area contributed by atoms with E-state index in [1.165, 1.54) is 12.0 Å². The van der Waals surface area contributed by atoms with Gasteiger partial charge in [0.1, 0.15) is 11.5 Å². The van der Waals surface area contributed by atoms with Crippen LogP contribution >= 0.6 is 15.9 Å². The first kappa shape index (κ1) is 20.8. The minimum absolute atomic E-state index is 0.0458. The molecule has 0 spiro atoms. The van der Waals surface area contributed by atoms with Crippen molar-refractivity contribution in [1.82, 2.24) is 9.88 Å². The van der Waals surface area contributed by atoms with E-state index < -0.39 is 17.7 Å². The summed E-state index contributed by atoms with van der Waals surface area (Å²) in [5.74, 6) is -1.09. The number of nitrogens with zero attached hydrogens (tertiary/aromatic N) is 2. The molecule has 2 heterocycles. The molecule has 1 fully saturated rings. The molecule has 31 heavy (non-hydrogen) atoms. The zero-order valence-corrected chi connectivity index (χ0v) is 18.2. The third kappa shape index (κ3) is 4.09. The van der Waals surface area contributed by atoms with Crippen molar-refractivity contribution in [3.05, 3.63) is 99.8 Å². The number of aromatic nitrogens is 1. The number of ether oxygens (including phenoxy) is 1. The molecule has 4 rings (SSSR count). The lowest BCUT2D eigenvalue weighted by Gasteiger charge is -2.25. The lowest BCUT2D eigenvalue weighted by Crippen LogP contribution is -2.29. The highest BCUT2D eigenvalue weighted by atomic mass is 79.9. The summed E-state index contributed by atoms with van der Waals surface area (Å²) in [5.41, 5.74) is 1.95. The number of aliphatic hydroxyl groups is 1. The molecule has 1 aromatic heterocycles. The number of likely N-dealkylation sites (tertiary alicyclic amines) is 1. The number of hydrogen-bond acceptors (Lipinski definition) is 5. The number of carbonyl (C=O) groups is 2. The average molecular weight is 479 g/mol. The summed E-state index contributed by atoms with van der Waals surface area (Å²) in [6.45, 7) is 0.189. The maximum Gasteiger partial charge on any atom is 0.295 e. The van der Waals surface area contributed by atoms with Crippen LogP contribution in [-0.4, -0.2) is 33.8 Å². The molecule has 0 radical (unpaired) electrons. The van der Waals surface area contributed by atoms with E-state index in [1.54, 1.807) is 42.7 Å². The van der Waals surface area contributed by atoms with Crippen molar-refractivity contribution in [2.45, 2.75) is 12.6 Å². The van der Waals surface area contributed by atoms with Crippen LogP contribution in [0, 0.1) is 0 Å². The molecule has 1 saturated heterocycles. The van der Waals surface area contributed by atoms with Crippen LogP contribution in [0.5, 0.6) is 5.75 Å². The molecule has 1 aliphatic rings. The largest absolute Gasteiger partial charge is 0.507 e. The summed E-state index contributed by atoms with van der Waals surface area (Å²) >= 11 is 3.41. The number of amides is 1. The summed E-state index contributed by atoms with van der Waals surface area (Å²) in [5, 5.41) is 11.1. The van der Waals surface area contributed by atoms with Crippen molar-refractivity contribution in [2.75, 3.05) is 7.11 Å². The molecule has 0 bridgehead atoms. The molecule has 1 amide bonds. The minimum Gasteiger partial charge on any atom is -0.507 e. The van der Waals surface area contributed by atoms with Gasteiger partial charge in [0.25, 0.3) is 11.7 Å². The Bertz CT molecular complexity index is 1160. The van der Waals surface area contributed by atoms with Gasteiger partial charge in [-0.05, 0) is 41.5 Å². The second-order valence-corrected chi connectivity index (χ2v) is 7.99. The summed E-state index contributed by atoms with van der Waals surface area (Å²) in [4.78, 5) is 31.6. The Labute approximate surface area is 187 Å². The fourth-order valence-electron chi connectivity index (χ4n) is 3.65. The number of Topliss-reactive ketones (excluding diaryl/α,β-unsaturated/α-hetero) is 1. The highest BCUT2D eigenvalue weighted by molar-refractivity contribution is 9.10. The molecule has 6 nitrogen and oxygen atoms in total. The lowest BCUT2D eigenvalue weighted by atomic mass is 9.95. The van der Waals surface area contributed by atoms with E-state index in [9.17, 15) is 14.7 Å². The van der Waals surface area contributed by atoms with Gasteiger partial charge >= 0.3 is 0 Å². The highest BCUT2D eigenvalue weighted by Gasteiger charge is 2.46. The number of carbonyl (C=O) groups excluding carboxylic acids is 2. The fourth-order valence-corrected chi connectivity index (χ4v) is 3.91. The summed E-state index contributed by atoms with van der Waals surface area (Å²) in [6.07, 6.45) is 3.30. The Kier molecular flexibility index (Phi) is 5.86. The third-order valence-corrected chi connectivity index (χ3v) is 5.67. The Morgan fingerprint density at radius 1 is 1.13 bits per heavy atom. The fraction of sp³-hybridized carbons (Fsp3) is 0.125. The first-order chi connectivity index (χ1) is 15.0. The molecule has 3 aromatic rings. The molecule has 0 aliphatic carbocycles. The summed E-state index contributed by atoms with van der Waals surface area (Å²) in [7, 11) is 1.52. The standard InChI is InChI=1S/C24H19BrN2O4/c1-31-19-6-2-5-17(12-19)22(28)20-21(16-7-9-18(25)10-8-16)27(24(30)23(20)29)14-15-4-3-11-26-13-15/h2-13,21,28H,14H2,1H3/t21-/m0/s1. The van der Waals surface area contributed by atoms with Gasteiger partial charge < -0.3 is 14.7 Å². The van der Waals surface area contributed by atoms with Gasteiger partial charge in [-0.15, -0.1) is 0 Å². The smallest absolute Gasteiger partial charge is 0.295 e. The van der Waals surface area contributed by atoms with Crippen LogP contribution in [0.3, 0.4) is 0 Å². The maximum atomic E-state index is 13.1. The molecular weight excluding hydrogens is 460 g/mol. The Hall–Kier alpha value is -3.45. The molecule has 7 heteroatoms. The van der Waals surface area contributed by atoms with E-state index in [-0.39, 0.29) is 17.9 Å². The van der Waals surface area contributed by atoms with Gasteiger partial charge in [0.15, 0.2) is 0 Å². The zero-order valence-electron chi connectivity index (χ0n) is 16.7.